The third kappa shape index (κ3) is 2.24. The molecule has 0 spiro atoms. The lowest BCUT2D eigenvalue weighted by atomic mass is 9.84. The van der Waals surface area contributed by atoms with Crippen LogP contribution in [0.4, 0.5) is 0 Å². The lowest BCUT2D eigenvalue weighted by Gasteiger charge is -2.43. The number of hydrogen-bond acceptors (Lipinski definition) is 3. The summed E-state index contributed by atoms with van der Waals surface area (Å²) < 4.78 is 0. The van der Waals surface area contributed by atoms with Gasteiger partial charge in [0.2, 0.25) is 11.8 Å². The van der Waals surface area contributed by atoms with E-state index in [0.717, 1.165) is 5.56 Å². The molecule has 2 amide bonds. The maximum atomic E-state index is 12.6. The number of aliphatic hydroxyl groups is 1. The van der Waals surface area contributed by atoms with Gasteiger partial charge in [-0.1, -0.05) is 30.3 Å². The molecule has 1 heterocycles. The third-order valence-electron chi connectivity index (χ3n) is 4.40. The van der Waals surface area contributed by atoms with Crippen molar-refractivity contribution in [2.75, 3.05) is 0 Å². The van der Waals surface area contributed by atoms with Crippen LogP contribution in [0.15, 0.2) is 30.3 Å². The van der Waals surface area contributed by atoms with Crippen molar-refractivity contribution in [1.82, 2.24) is 4.90 Å². The molecule has 1 saturated heterocycles. The lowest BCUT2D eigenvalue weighted by Crippen LogP contribution is -2.59. The van der Waals surface area contributed by atoms with Crippen molar-refractivity contribution in [1.29, 1.82) is 0 Å². The second-order valence-electron chi connectivity index (χ2n) is 6.35. The van der Waals surface area contributed by atoms with Crippen LogP contribution in [-0.2, 0) is 9.59 Å². The molecule has 1 fully saturated rings. The molecule has 0 aliphatic carbocycles. The van der Waals surface area contributed by atoms with Crippen LogP contribution in [0.5, 0.6) is 0 Å². The fourth-order valence-electron chi connectivity index (χ4n) is 2.44. The van der Waals surface area contributed by atoms with Gasteiger partial charge in [-0.3, -0.25) is 14.5 Å². The van der Waals surface area contributed by atoms with Crippen LogP contribution in [0.25, 0.3) is 0 Å². The molecule has 1 atom stereocenters. The molecule has 0 saturated carbocycles. The number of benzene rings is 1. The third-order valence-corrected chi connectivity index (χ3v) is 4.40. The topological polar surface area (TPSA) is 57.6 Å². The van der Waals surface area contributed by atoms with Gasteiger partial charge in [-0.2, -0.15) is 0 Å². The fourth-order valence-corrected chi connectivity index (χ4v) is 2.44. The highest BCUT2D eigenvalue weighted by atomic mass is 16.3. The van der Waals surface area contributed by atoms with Crippen molar-refractivity contribution in [2.24, 2.45) is 0 Å². The van der Waals surface area contributed by atoms with E-state index < -0.39 is 17.1 Å². The molecule has 4 heteroatoms. The summed E-state index contributed by atoms with van der Waals surface area (Å²) in [5, 5.41) is 10.3. The van der Waals surface area contributed by atoms with E-state index in [1.807, 2.05) is 30.3 Å². The molecule has 0 bridgehead atoms. The molecular formula is C16H21NO3. The molecule has 1 aliphatic rings. The SMILES string of the molecule is CC(C)(O)C(C)(C)N1C(=O)CC(c2ccccc2)C1=O. The Kier molecular flexibility index (Phi) is 3.46. The summed E-state index contributed by atoms with van der Waals surface area (Å²) in [5.41, 5.74) is -1.26. The Morgan fingerprint density at radius 3 is 2.15 bits per heavy atom. The van der Waals surface area contributed by atoms with Crippen LogP contribution in [0.3, 0.4) is 0 Å². The molecular weight excluding hydrogens is 254 g/mol. The minimum atomic E-state index is -1.16. The number of nitrogens with zero attached hydrogens (tertiary/aromatic N) is 1. The predicted octanol–water partition coefficient (Wildman–Crippen LogP) is 2.08. The van der Waals surface area contributed by atoms with Crippen molar-refractivity contribution in [3.63, 3.8) is 0 Å². The fraction of sp³-hybridized carbons (Fsp3) is 0.500. The van der Waals surface area contributed by atoms with E-state index in [2.05, 4.69) is 0 Å². The molecule has 0 radical (unpaired) electrons. The average Bonchev–Trinajstić information content (AvgIpc) is 2.65. The highest BCUT2D eigenvalue weighted by Gasteiger charge is 2.51. The first kappa shape index (κ1) is 14.7. The Balaban J connectivity index is 2.36. The van der Waals surface area contributed by atoms with Gasteiger partial charge in [-0.25, -0.2) is 0 Å². The zero-order valence-electron chi connectivity index (χ0n) is 12.4. The minimum absolute atomic E-state index is 0.169. The van der Waals surface area contributed by atoms with E-state index >= 15 is 0 Å². The van der Waals surface area contributed by atoms with E-state index in [1.54, 1.807) is 27.7 Å². The summed E-state index contributed by atoms with van der Waals surface area (Å²) in [6.07, 6.45) is 0.169. The van der Waals surface area contributed by atoms with E-state index in [4.69, 9.17) is 0 Å². The summed E-state index contributed by atoms with van der Waals surface area (Å²) in [6, 6.07) is 9.31. The van der Waals surface area contributed by atoms with Gasteiger partial charge in [0.05, 0.1) is 17.1 Å². The first-order chi connectivity index (χ1) is 9.16. The minimum Gasteiger partial charge on any atom is -0.388 e. The summed E-state index contributed by atoms with van der Waals surface area (Å²) >= 11 is 0. The van der Waals surface area contributed by atoms with E-state index in [-0.39, 0.29) is 18.2 Å². The Morgan fingerprint density at radius 2 is 1.65 bits per heavy atom. The second-order valence-corrected chi connectivity index (χ2v) is 6.35. The number of imide groups is 1. The average molecular weight is 275 g/mol. The van der Waals surface area contributed by atoms with E-state index in [9.17, 15) is 14.7 Å². The molecule has 1 aromatic carbocycles. The van der Waals surface area contributed by atoms with Crippen molar-refractivity contribution in [3.8, 4) is 0 Å². The van der Waals surface area contributed by atoms with Crippen LogP contribution in [0, 0.1) is 0 Å². The zero-order chi connectivity index (χ0) is 15.1. The van der Waals surface area contributed by atoms with Gasteiger partial charge in [0.25, 0.3) is 0 Å². The number of likely N-dealkylation sites (tertiary alicyclic amines) is 1. The Labute approximate surface area is 119 Å². The maximum absolute atomic E-state index is 12.6. The molecule has 2 rings (SSSR count). The van der Waals surface area contributed by atoms with Crippen molar-refractivity contribution in [2.45, 2.75) is 51.2 Å². The molecule has 1 unspecified atom stereocenters. The molecule has 108 valence electrons. The molecule has 1 aromatic rings. The first-order valence-corrected chi connectivity index (χ1v) is 6.80. The first-order valence-electron chi connectivity index (χ1n) is 6.80. The number of rotatable bonds is 3. The number of hydrogen-bond donors (Lipinski definition) is 1. The molecule has 4 nitrogen and oxygen atoms in total. The van der Waals surface area contributed by atoms with Crippen LogP contribution in [0.2, 0.25) is 0 Å². The number of carbonyl (C=O) groups excluding carboxylic acids is 2. The Bertz CT molecular complexity index is 528. The largest absolute Gasteiger partial charge is 0.388 e. The second kappa shape index (κ2) is 4.70. The van der Waals surface area contributed by atoms with Gasteiger partial charge < -0.3 is 5.11 Å². The molecule has 20 heavy (non-hydrogen) atoms. The standard InChI is InChI=1S/C16H21NO3/c1-15(2,16(3,4)20)17-13(18)10-12(14(17)19)11-8-6-5-7-9-11/h5-9,12,20H,10H2,1-4H3. The van der Waals surface area contributed by atoms with Crippen LogP contribution >= 0.6 is 0 Å². The maximum Gasteiger partial charge on any atom is 0.237 e. The molecule has 1 aliphatic heterocycles. The highest BCUT2D eigenvalue weighted by molar-refractivity contribution is 6.07. The van der Waals surface area contributed by atoms with E-state index in [1.165, 1.54) is 4.90 Å². The van der Waals surface area contributed by atoms with Gasteiger partial charge in [0.15, 0.2) is 0 Å². The van der Waals surface area contributed by atoms with Crippen LogP contribution in [-0.4, -0.2) is 33.0 Å². The predicted molar refractivity (Wildman–Crippen MR) is 76.0 cm³/mol. The smallest absolute Gasteiger partial charge is 0.237 e. The van der Waals surface area contributed by atoms with Gasteiger partial charge in [-0.15, -0.1) is 0 Å². The normalized spacial score (nSPS) is 20.6. The van der Waals surface area contributed by atoms with Crippen LogP contribution < -0.4 is 0 Å². The van der Waals surface area contributed by atoms with Crippen molar-refractivity contribution < 1.29 is 14.7 Å². The van der Waals surface area contributed by atoms with Gasteiger partial charge in [-0.05, 0) is 33.3 Å². The van der Waals surface area contributed by atoms with Gasteiger partial charge >= 0.3 is 0 Å². The monoisotopic (exact) mass is 275 g/mol. The lowest BCUT2D eigenvalue weighted by molar-refractivity contribution is -0.155. The van der Waals surface area contributed by atoms with Crippen molar-refractivity contribution in [3.05, 3.63) is 35.9 Å². The Hall–Kier alpha value is -1.68. The quantitative estimate of drug-likeness (QED) is 0.859. The van der Waals surface area contributed by atoms with Crippen LogP contribution in [0.1, 0.15) is 45.6 Å². The summed E-state index contributed by atoms with van der Waals surface area (Å²) in [7, 11) is 0. The van der Waals surface area contributed by atoms with E-state index in [0.29, 0.717) is 0 Å². The summed E-state index contributed by atoms with van der Waals surface area (Å²) in [4.78, 5) is 26.1. The molecule has 0 aromatic heterocycles. The summed E-state index contributed by atoms with van der Waals surface area (Å²) in [6.45, 7) is 6.67. The Morgan fingerprint density at radius 1 is 1.10 bits per heavy atom. The van der Waals surface area contributed by atoms with Crippen molar-refractivity contribution >= 4 is 11.8 Å². The number of amides is 2. The number of carbonyl (C=O) groups is 2. The zero-order valence-corrected chi connectivity index (χ0v) is 12.4. The molecule has 1 N–H and O–H groups in total. The highest BCUT2D eigenvalue weighted by Crippen LogP contribution is 2.38. The summed E-state index contributed by atoms with van der Waals surface area (Å²) in [5.74, 6) is -0.894. The van der Waals surface area contributed by atoms with Gasteiger partial charge in [0.1, 0.15) is 0 Å². The van der Waals surface area contributed by atoms with Gasteiger partial charge in [0, 0.05) is 6.42 Å².